The summed E-state index contributed by atoms with van der Waals surface area (Å²) in [6.45, 7) is 0.371. The first-order chi connectivity index (χ1) is 17.3. The fraction of sp³-hybridized carbons (Fsp3) is 0.192. The van der Waals surface area contributed by atoms with Gasteiger partial charge in [-0.2, -0.15) is 0 Å². The van der Waals surface area contributed by atoms with Crippen molar-refractivity contribution in [3.8, 4) is 5.75 Å². The second-order valence-corrected chi connectivity index (χ2v) is 10.0. The number of rotatable bonds is 7. The van der Waals surface area contributed by atoms with Crippen LogP contribution < -0.4 is 10.1 Å². The minimum absolute atomic E-state index is 0.00412. The zero-order valence-electron chi connectivity index (χ0n) is 19.2. The fourth-order valence-corrected chi connectivity index (χ4v) is 5.22. The van der Waals surface area contributed by atoms with E-state index in [0.29, 0.717) is 39.6 Å². The van der Waals surface area contributed by atoms with Crippen molar-refractivity contribution in [2.24, 2.45) is 4.99 Å². The maximum Gasteiger partial charge on any atom is 0.238 e. The number of hydrogen-bond donors (Lipinski definition) is 1. The standard InChI is InChI=1S/C26H22Cl2FN3O3S/c1-35-22-8-2-16(3-9-22)10-11-32-24(33)15-23(25(34)30-21-13-17(27)12-18(28)14-21)36-26(32)31-20-6-4-19(29)5-7-20/h2-9,12-14,23H,10-11,15H2,1H3,(H,30,34). The van der Waals surface area contributed by atoms with Crippen LogP contribution in [0.5, 0.6) is 5.75 Å². The van der Waals surface area contributed by atoms with Crippen molar-refractivity contribution in [1.29, 1.82) is 0 Å². The summed E-state index contributed by atoms with van der Waals surface area (Å²) in [6, 6.07) is 17.9. The van der Waals surface area contributed by atoms with Gasteiger partial charge in [0.15, 0.2) is 5.17 Å². The number of amides is 2. The van der Waals surface area contributed by atoms with Crippen LogP contribution in [0.3, 0.4) is 0 Å². The number of carbonyl (C=O) groups is 2. The lowest BCUT2D eigenvalue weighted by molar-refractivity contribution is -0.129. The Hall–Kier alpha value is -3.07. The molecule has 1 N–H and O–H groups in total. The minimum Gasteiger partial charge on any atom is -0.497 e. The third kappa shape index (κ3) is 6.78. The quantitative estimate of drug-likeness (QED) is 0.375. The van der Waals surface area contributed by atoms with Gasteiger partial charge in [-0.1, -0.05) is 47.1 Å². The van der Waals surface area contributed by atoms with Crippen molar-refractivity contribution in [2.45, 2.75) is 18.1 Å². The molecule has 3 aromatic carbocycles. The van der Waals surface area contributed by atoms with Gasteiger partial charge < -0.3 is 10.1 Å². The molecule has 6 nitrogen and oxygen atoms in total. The first-order valence-corrected chi connectivity index (χ1v) is 12.7. The number of benzene rings is 3. The molecule has 0 spiro atoms. The number of carbonyl (C=O) groups excluding carboxylic acids is 2. The van der Waals surface area contributed by atoms with E-state index >= 15 is 0 Å². The number of thioether (sulfide) groups is 1. The van der Waals surface area contributed by atoms with E-state index in [1.807, 2.05) is 24.3 Å². The van der Waals surface area contributed by atoms with Crippen LogP contribution in [0.2, 0.25) is 10.0 Å². The van der Waals surface area contributed by atoms with Crippen molar-refractivity contribution in [3.05, 3.63) is 88.2 Å². The predicted molar refractivity (Wildman–Crippen MR) is 143 cm³/mol. The number of anilines is 1. The topological polar surface area (TPSA) is 71.0 Å². The summed E-state index contributed by atoms with van der Waals surface area (Å²) in [4.78, 5) is 32.3. The lowest BCUT2D eigenvalue weighted by Gasteiger charge is -2.32. The average Bonchev–Trinajstić information content (AvgIpc) is 2.84. The first kappa shape index (κ1) is 26.0. The Morgan fingerprint density at radius 1 is 1.11 bits per heavy atom. The molecule has 1 heterocycles. The first-order valence-electron chi connectivity index (χ1n) is 11.0. The Kier molecular flexibility index (Phi) is 8.51. The van der Waals surface area contributed by atoms with Crippen LogP contribution in [-0.2, 0) is 16.0 Å². The molecular formula is C26H22Cl2FN3O3S. The van der Waals surface area contributed by atoms with Gasteiger partial charge in [0.1, 0.15) is 16.8 Å². The van der Waals surface area contributed by atoms with Crippen LogP contribution in [0, 0.1) is 5.82 Å². The van der Waals surface area contributed by atoms with Crippen LogP contribution in [0.25, 0.3) is 0 Å². The Morgan fingerprint density at radius 3 is 2.42 bits per heavy atom. The Morgan fingerprint density at radius 2 is 1.78 bits per heavy atom. The van der Waals surface area contributed by atoms with Gasteiger partial charge in [-0.3, -0.25) is 14.5 Å². The van der Waals surface area contributed by atoms with Crippen molar-refractivity contribution in [1.82, 2.24) is 4.90 Å². The molecule has 1 fully saturated rings. The van der Waals surface area contributed by atoms with E-state index in [0.717, 1.165) is 11.3 Å². The Balaban J connectivity index is 1.54. The monoisotopic (exact) mass is 545 g/mol. The molecule has 1 aliphatic heterocycles. The van der Waals surface area contributed by atoms with E-state index in [1.165, 1.54) is 36.0 Å². The van der Waals surface area contributed by atoms with E-state index in [2.05, 4.69) is 10.3 Å². The van der Waals surface area contributed by atoms with Crippen LogP contribution in [0.1, 0.15) is 12.0 Å². The third-order valence-electron chi connectivity index (χ3n) is 5.40. The summed E-state index contributed by atoms with van der Waals surface area (Å²) in [7, 11) is 1.60. The lowest BCUT2D eigenvalue weighted by Crippen LogP contribution is -2.46. The number of methoxy groups -OCH3 is 1. The van der Waals surface area contributed by atoms with E-state index in [4.69, 9.17) is 27.9 Å². The number of nitrogens with one attached hydrogen (secondary N) is 1. The molecule has 1 aliphatic rings. The molecule has 1 saturated heterocycles. The highest BCUT2D eigenvalue weighted by Gasteiger charge is 2.35. The maximum atomic E-state index is 13.4. The Labute approximate surface area is 222 Å². The third-order valence-corrected chi connectivity index (χ3v) is 7.02. The van der Waals surface area contributed by atoms with E-state index in [-0.39, 0.29) is 24.1 Å². The number of nitrogens with zero attached hydrogens (tertiary/aromatic N) is 2. The van der Waals surface area contributed by atoms with E-state index < -0.39 is 5.25 Å². The molecular weight excluding hydrogens is 524 g/mol. The number of halogens is 3. The molecule has 4 rings (SSSR count). The summed E-state index contributed by atoms with van der Waals surface area (Å²) in [5.41, 5.74) is 1.93. The molecule has 0 radical (unpaired) electrons. The second-order valence-electron chi connectivity index (χ2n) is 7.97. The van der Waals surface area contributed by atoms with Crippen LogP contribution in [0.15, 0.2) is 71.7 Å². The van der Waals surface area contributed by atoms with Gasteiger partial charge in [-0.25, -0.2) is 9.38 Å². The molecule has 186 valence electrons. The van der Waals surface area contributed by atoms with Gasteiger partial charge in [0.05, 0.1) is 12.8 Å². The smallest absolute Gasteiger partial charge is 0.238 e. The summed E-state index contributed by atoms with van der Waals surface area (Å²) >= 11 is 13.3. The summed E-state index contributed by atoms with van der Waals surface area (Å²) in [5, 5.41) is 3.19. The van der Waals surface area contributed by atoms with Gasteiger partial charge in [0, 0.05) is 28.7 Å². The van der Waals surface area contributed by atoms with E-state index in [1.54, 1.807) is 30.2 Å². The van der Waals surface area contributed by atoms with Crippen molar-refractivity contribution >= 4 is 63.3 Å². The summed E-state index contributed by atoms with van der Waals surface area (Å²) < 4.78 is 18.6. The van der Waals surface area contributed by atoms with Crippen LogP contribution in [-0.4, -0.2) is 40.8 Å². The maximum absolute atomic E-state index is 13.4. The molecule has 0 bridgehead atoms. The molecule has 0 aromatic heterocycles. The van der Waals surface area contributed by atoms with Crippen molar-refractivity contribution < 1.29 is 18.7 Å². The molecule has 10 heteroatoms. The Bertz CT molecular complexity index is 1270. The zero-order chi connectivity index (χ0) is 25.7. The number of aliphatic imine (C=N–C) groups is 1. The highest BCUT2D eigenvalue weighted by molar-refractivity contribution is 8.15. The average molecular weight is 546 g/mol. The highest BCUT2D eigenvalue weighted by atomic mass is 35.5. The largest absolute Gasteiger partial charge is 0.497 e. The molecule has 0 saturated carbocycles. The molecule has 1 unspecified atom stereocenters. The van der Waals surface area contributed by atoms with Gasteiger partial charge >= 0.3 is 0 Å². The SMILES string of the molecule is COc1ccc(CCN2C(=O)CC(C(=O)Nc3cc(Cl)cc(Cl)c3)SC2=Nc2ccc(F)cc2)cc1. The lowest BCUT2D eigenvalue weighted by atomic mass is 10.1. The second kappa shape index (κ2) is 11.8. The highest BCUT2D eigenvalue weighted by Crippen LogP contribution is 2.31. The van der Waals surface area contributed by atoms with E-state index in [9.17, 15) is 14.0 Å². The molecule has 0 aliphatic carbocycles. The van der Waals surface area contributed by atoms with Gasteiger partial charge in [0.2, 0.25) is 11.8 Å². The summed E-state index contributed by atoms with van der Waals surface area (Å²) in [5.74, 6) is -0.238. The summed E-state index contributed by atoms with van der Waals surface area (Å²) in [6.07, 6.45) is 0.576. The zero-order valence-corrected chi connectivity index (χ0v) is 21.5. The number of ether oxygens (including phenoxy) is 1. The van der Waals surface area contributed by atoms with Gasteiger partial charge in [0.25, 0.3) is 0 Å². The van der Waals surface area contributed by atoms with Crippen molar-refractivity contribution in [2.75, 3.05) is 19.0 Å². The predicted octanol–water partition coefficient (Wildman–Crippen LogP) is 6.34. The van der Waals surface area contributed by atoms with Crippen LogP contribution >= 0.6 is 35.0 Å². The fourth-order valence-electron chi connectivity index (χ4n) is 3.57. The van der Waals surface area contributed by atoms with Crippen LogP contribution in [0.4, 0.5) is 15.8 Å². The molecule has 3 aromatic rings. The number of amidine groups is 1. The number of hydrogen-bond acceptors (Lipinski definition) is 5. The minimum atomic E-state index is -0.716. The molecule has 2 amide bonds. The van der Waals surface area contributed by atoms with Gasteiger partial charge in [-0.15, -0.1) is 0 Å². The molecule has 36 heavy (non-hydrogen) atoms. The van der Waals surface area contributed by atoms with Gasteiger partial charge in [-0.05, 0) is 66.6 Å². The van der Waals surface area contributed by atoms with Crippen molar-refractivity contribution in [3.63, 3.8) is 0 Å². The normalized spacial score (nSPS) is 16.8. The molecule has 1 atom stereocenters.